The van der Waals surface area contributed by atoms with E-state index in [4.69, 9.17) is 12.0 Å². The number of aromatic nitrogens is 6. The fourth-order valence-corrected chi connectivity index (χ4v) is 2.70. The first-order chi connectivity index (χ1) is 16.9. The van der Waals surface area contributed by atoms with Crippen LogP contribution in [-0.2, 0) is 14.3 Å². The van der Waals surface area contributed by atoms with Crippen LogP contribution in [0.5, 0.6) is 0 Å². The van der Waals surface area contributed by atoms with Crippen LogP contribution < -0.4 is 0 Å². The molecule has 0 unspecified atom stereocenters. The zero-order valence-corrected chi connectivity index (χ0v) is 20.9. The number of thioether (sulfide) groups is 2. The fraction of sp³-hybridized carbons (Fsp3) is 0.238. The standard InChI is InChI=1S/C10H10N4O2S.C7H5N2S.C4H6N2O2/c1-16-9(15)8-5-7(13-14-8)6-3-4-11-10(12-6)17-2;1-3-6-4-5-8-7(9-6)10-2;1-2-8-4(7)3-6-5/h3-5H,1-2H3,(H,13,14);4-5H,2H3;3H,2H2,1H3/q;+1;. The van der Waals surface area contributed by atoms with E-state index >= 15 is 0 Å². The molecule has 3 aromatic heterocycles. The van der Waals surface area contributed by atoms with Gasteiger partial charge in [-0.15, -0.1) is 0 Å². The first-order valence-corrected chi connectivity index (χ1v) is 12.0. The predicted molar refractivity (Wildman–Crippen MR) is 129 cm³/mol. The minimum absolute atomic E-state index is 0.296. The van der Waals surface area contributed by atoms with Gasteiger partial charge >= 0.3 is 81.6 Å². The summed E-state index contributed by atoms with van der Waals surface area (Å²) in [5.74, 6) is 1.10. The van der Waals surface area contributed by atoms with Crippen LogP contribution in [0.3, 0.4) is 0 Å². The van der Waals surface area contributed by atoms with E-state index in [1.165, 1.54) is 30.6 Å². The van der Waals surface area contributed by atoms with Crippen molar-refractivity contribution in [3.05, 3.63) is 53.9 Å². The van der Waals surface area contributed by atoms with Crippen LogP contribution in [0.4, 0.5) is 0 Å². The molecule has 0 radical (unpaired) electrons. The molecule has 0 spiro atoms. The van der Waals surface area contributed by atoms with Crippen LogP contribution in [0.25, 0.3) is 16.9 Å². The second-order valence-corrected chi connectivity index (χ2v) is 7.18. The molecule has 180 valence electrons. The first kappa shape index (κ1) is 29.2. The molecule has 3 heterocycles. The number of aromatic amines is 1. The average molecular weight is 514 g/mol. The Hall–Kier alpha value is -3.83. The normalized spacial score (nSPS) is 9.20. The van der Waals surface area contributed by atoms with E-state index in [0.717, 1.165) is 0 Å². The summed E-state index contributed by atoms with van der Waals surface area (Å²) < 4.78 is 8.92. The van der Waals surface area contributed by atoms with Crippen LogP contribution in [0.2, 0.25) is 0 Å². The number of hydrogen-bond acceptors (Lipinski definition) is 11. The van der Waals surface area contributed by atoms with Gasteiger partial charge in [-0.1, -0.05) is 11.8 Å². The molecular weight excluding hydrogens is 492 g/mol. The van der Waals surface area contributed by atoms with Gasteiger partial charge in [0.1, 0.15) is 11.4 Å². The van der Waals surface area contributed by atoms with E-state index < -0.39 is 11.9 Å². The number of nitrogens with zero attached hydrogens (tertiary/aromatic N) is 7. The summed E-state index contributed by atoms with van der Waals surface area (Å²) in [4.78, 5) is 40.1. The Bertz CT molecular complexity index is 1210. The van der Waals surface area contributed by atoms with Crippen molar-refractivity contribution in [3.8, 4) is 17.3 Å². The third-order valence-electron chi connectivity index (χ3n) is 3.46. The van der Waals surface area contributed by atoms with Gasteiger partial charge in [-0.25, -0.2) is 19.6 Å². The maximum absolute atomic E-state index is 11.3. The molecule has 1 N–H and O–H groups in total. The number of hydrogen-bond donors (Lipinski definition) is 1. The third-order valence-corrected chi connectivity index (χ3v) is 4.58. The number of ether oxygens (including phenoxy) is 2. The molecule has 0 saturated carbocycles. The second-order valence-electron chi connectivity index (χ2n) is 5.64. The van der Waals surface area contributed by atoms with E-state index in [1.807, 2.05) is 12.5 Å². The SMILES string of the molecule is CCOC(=O)C=[N+]=[N-].COC(=O)c1cc(-c2ccnc(SC)n2)n[nH]1.[C+]#Cc1ccnc(SC)n1. The number of carbonyl (C=O) groups is 2. The molecule has 0 amide bonds. The molecule has 0 fully saturated rings. The van der Waals surface area contributed by atoms with Gasteiger partial charge in [-0.05, 0) is 19.2 Å². The van der Waals surface area contributed by atoms with E-state index in [0.29, 0.717) is 45.9 Å². The Balaban J connectivity index is 0.000000290. The van der Waals surface area contributed by atoms with Gasteiger partial charge < -0.3 is 15.0 Å². The molecule has 0 aliphatic rings. The van der Waals surface area contributed by atoms with Crippen LogP contribution >= 0.6 is 23.5 Å². The van der Waals surface area contributed by atoms with Gasteiger partial charge in [-0.3, -0.25) is 5.10 Å². The van der Waals surface area contributed by atoms with Crippen molar-refractivity contribution in [3.63, 3.8) is 0 Å². The zero-order valence-electron chi connectivity index (χ0n) is 19.3. The summed E-state index contributed by atoms with van der Waals surface area (Å²) in [6, 6.07) is 4.97. The fourth-order valence-electron chi connectivity index (χ4n) is 1.98. The van der Waals surface area contributed by atoms with Crippen molar-refractivity contribution in [2.45, 2.75) is 17.2 Å². The van der Waals surface area contributed by atoms with E-state index in [1.54, 1.807) is 37.5 Å². The molecule has 14 heteroatoms. The Morgan fingerprint density at radius 2 is 1.83 bits per heavy atom. The monoisotopic (exact) mass is 513 g/mol. The second kappa shape index (κ2) is 16.7. The molecule has 35 heavy (non-hydrogen) atoms. The van der Waals surface area contributed by atoms with E-state index in [-0.39, 0.29) is 0 Å². The van der Waals surface area contributed by atoms with Crippen LogP contribution in [0.1, 0.15) is 23.1 Å². The topological polar surface area (TPSA) is 169 Å². The van der Waals surface area contributed by atoms with Gasteiger partial charge in [0, 0.05) is 12.3 Å². The Labute approximate surface area is 210 Å². The Kier molecular flexibility index (Phi) is 14.0. The number of H-pyrrole nitrogens is 1. The zero-order chi connectivity index (χ0) is 26.1. The molecule has 3 rings (SSSR count). The predicted octanol–water partition coefficient (Wildman–Crippen LogP) is 2.36. The van der Waals surface area contributed by atoms with Gasteiger partial charge in [0.2, 0.25) is 0 Å². The van der Waals surface area contributed by atoms with Gasteiger partial charge in [0.25, 0.3) is 0 Å². The number of esters is 2. The van der Waals surface area contributed by atoms with Gasteiger partial charge in [0.15, 0.2) is 5.16 Å². The number of nitrogens with one attached hydrogen (secondary N) is 1. The molecule has 12 nitrogen and oxygen atoms in total. The van der Waals surface area contributed by atoms with Crippen LogP contribution in [0, 0.1) is 12.3 Å². The minimum atomic E-state index is -0.630. The first-order valence-electron chi connectivity index (χ1n) is 9.57. The van der Waals surface area contributed by atoms with Crippen molar-refractivity contribution < 1.29 is 23.9 Å². The molecule has 0 saturated heterocycles. The molecule has 0 atom stereocenters. The summed E-state index contributed by atoms with van der Waals surface area (Å²) in [5.41, 5.74) is 9.81. The molecule has 3 aromatic rings. The molecular formula is C21H21N8O4S2+. The Morgan fingerprint density at radius 1 is 1.17 bits per heavy atom. The number of rotatable bonds is 6. The quantitative estimate of drug-likeness (QED) is 0.0750. The summed E-state index contributed by atoms with van der Waals surface area (Å²) in [6.07, 6.45) is 14.5. The number of methoxy groups -OCH3 is 1. The summed E-state index contributed by atoms with van der Waals surface area (Å²) in [7, 11) is 1.32. The van der Waals surface area contributed by atoms with Crippen molar-refractivity contribution in [2.75, 3.05) is 26.2 Å². The van der Waals surface area contributed by atoms with Crippen molar-refractivity contribution >= 4 is 41.7 Å². The van der Waals surface area contributed by atoms with Crippen molar-refractivity contribution in [1.82, 2.24) is 30.1 Å². The molecule has 0 aromatic carbocycles. The average Bonchev–Trinajstić information content (AvgIpc) is 3.40. The third kappa shape index (κ3) is 10.8. The summed E-state index contributed by atoms with van der Waals surface area (Å²) >= 11 is 2.90. The summed E-state index contributed by atoms with van der Waals surface area (Å²) in [5, 5.41) is 7.94. The van der Waals surface area contributed by atoms with Gasteiger partial charge in [-0.2, -0.15) is 9.89 Å². The molecule has 0 aliphatic carbocycles. The van der Waals surface area contributed by atoms with E-state index in [9.17, 15) is 9.59 Å². The molecule has 0 aliphatic heterocycles. The van der Waals surface area contributed by atoms with Crippen LogP contribution in [0.15, 0.2) is 40.9 Å². The van der Waals surface area contributed by atoms with Crippen molar-refractivity contribution in [1.29, 1.82) is 0 Å². The van der Waals surface area contributed by atoms with E-state index in [2.05, 4.69) is 50.3 Å². The Morgan fingerprint density at radius 3 is 2.40 bits per heavy atom. The summed E-state index contributed by atoms with van der Waals surface area (Å²) in [6.45, 7) is 1.97. The van der Waals surface area contributed by atoms with Gasteiger partial charge in [0.05, 0.1) is 19.4 Å². The number of carbonyl (C=O) groups excluding carboxylic acids is 2. The van der Waals surface area contributed by atoms with Crippen LogP contribution in [-0.4, -0.2) is 79.3 Å². The maximum atomic E-state index is 11.3. The molecule has 0 bridgehead atoms. The van der Waals surface area contributed by atoms with Crippen molar-refractivity contribution in [2.24, 2.45) is 0 Å².